The molecule has 120 valence electrons. The summed E-state index contributed by atoms with van der Waals surface area (Å²) in [5.74, 6) is 0. The van der Waals surface area contributed by atoms with E-state index in [-0.39, 0.29) is 22.6 Å². The average Bonchev–Trinajstić information content (AvgIpc) is 2.58. The summed E-state index contributed by atoms with van der Waals surface area (Å²) >= 11 is 0. The number of pyridine rings is 1. The fourth-order valence-electron chi connectivity index (χ4n) is 3.58. The van der Waals surface area contributed by atoms with Gasteiger partial charge in [0.15, 0.2) is 9.84 Å². The number of carbonyl (C=O) groups is 1. The van der Waals surface area contributed by atoms with E-state index in [4.69, 9.17) is 0 Å². The van der Waals surface area contributed by atoms with Gasteiger partial charge in [-0.15, -0.1) is 0 Å². The number of carbonyl (C=O) groups excluding carboxylic acids is 1. The molecule has 0 saturated carbocycles. The Bertz CT molecular complexity index is 662. The minimum Gasteiger partial charge on any atom is -0.335 e. The van der Waals surface area contributed by atoms with Crippen molar-refractivity contribution in [3.8, 4) is 0 Å². The van der Waals surface area contributed by atoms with Gasteiger partial charge in [-0.25, -0.2) is 13.2 Å². The molecule has 0 spiro atoms. The third-order valence-electron chi connectivity index (χ3n) is 4.51. The molecule has 2 saturated heterocycles. The number of urea groups is 1. The lowest BCUT2D eigenvalue weighted by atomic mass is 10.1. The van der Waals surface area contributed by atoms with Crippen LogP contribution in [0.1, 0.15) is 37.1 Å². The second-order valence-corrected chi connectivity index (χ2v) is 8.83. The number of anilines is 1. The third-order valence-corrected chi connectivity index (χ3v) is 7.22. The Hall–Kier alpha value is -1.63. The first-order valence-electron chi connectivity index (χ1n) is 7.60. The van der Waals surface area contributed by atoms with Crippen LogP contribution in [0.4, 0.5) is 10.5 Å². The zero-order valence-corrected chi connectivity index (χ0v) is 13.6. The van der Waals surface area contributed by atoms with Crippen LogP contribution in [0.5, 0.6) is 0 Å². The third kappa shape index (κ3) is 2.95. The normalized spacial score (nSPS) is 29.1. The van der Waals surface area contributed by atoms with Crippen LogP contribution in [0.2, 0.25) is 0 Å². The highest BCUT2D eigenvalue weighted by molar-refractivity contribution is 7.93. The summed E-state index contributed by atoms with van der Waals surface area (Å²) < 4.78 is 24.1. The van der Waals surface area contributed by atoms with Crippen LogP contribution in [0.25, 0.3) is 0 Å². The van der Waals surface area contributed by atoms with Crippen molar-refractivity contribution >= 4 is 21.6 Å². The molecule has 1 aromatic heterocycles. The van der Waals surface area contributed by atoms with Crippen molar-refractivity contribution < 1.29 is 13.2 Å². The minimum atomic E-state index is -2.95. The van der Waals surface area contributed by atoms with Gasteiger partial charge < -0.3 is 10.6 Å². The fraction of sp³-hybridized carbons (Fsp3) is 0.600. The van der Waals surface area contributed by atoms with Crippen LogP contribution in [0, 0.1) is 13.8 Å². The van der Waals surface area contributed by atoms with Crippen LogP contribution in [0.15, 0.2) is 12.1 Å². The van der Waals surface area contributed by atoms with E-state index < -0.39 is 9.84 Å². The van der Waals surface area contributed by atoms with Crippen LogP contribution in [0.3, 0.4) is 0 Å². The second-order valence-electron chi connectivity index (χ2n) is 6.32. The number of hydrogen-bond acceptors (Lipinski definition) is 4. The van der Waals surface area contributed by atoms with Crippen LogP contribution in [-0.4, -0.2) is 36.0 Å². The topological polar surface area (TPSA) is 88.2 Å². The highest BCUT2D eigenvalue weighted by Gasteiger charge is 2.47. The molecular formula is C15H21N3O3S. The van der Waals surface area contributed by atoms with Crippen LogP contribution < -0.4 is 10.6 Å². The van der Waals surface area contributed by atoms with Gasteiger partial charge in [-0.05, 0) is 51.7 Å². The smallest absolute Gasteiger partial charge is 0.319 e. The predicted octanol–water partition coefficient (Wildman–Crippen LogP) is 1.93. The number of sulfone groups is 1. The summed E-state index contributed by atoms with van der Waals surface area (Å²) in [6.07, 6.45) is 2.52. The van der Waals surface area contributed by atoms with E-state index in [9.17, 15) is 13.2 Å². The molecule has 2 aliphatic heterocycles. The zero-order chi connectivity index (χ0) is 15.9. The maximum atomic E-state index is 12.1. The summed E-state index contributed by atoms with van der Waals surface area (Å²) in [7, 11) is -2.95. The number of fused-ring (bicyclic) bond motifs is 2. The monoisotopic (exact) mass is 323 g/mol. The van der Waals surface area contributed by atoms with Crippen molar-refractivity contribution in [1.82, 2.24) is 10.3 Å². The quantitative estimate of drug-likeness (QED) is 0.870. The second kappa shape index (κ2) is 5.53. The molecule has 3 rings (SSSR count). The first kappa shape index (κ1) is 15.3. The van der Waals surface area contributed by atoms with E-state index in [0.717, 1.165) is 24.2 Å². The van der Waals surface area contributed by atoms with Gasteiger partial charge in [-0.3, -0.25) is 4.98 Å². The van der Waals surface area contributed by atoms with Crippen molar-refractivity contribution in [2.24, 2.45) is 0 Å². The van der Waals surface area contributed by atoms with Gasteiger partial charge in [-0.2, -0.15) is 0 Å². The Morgan fingerprint density at radius 2 is 1.68 bits per heavy atom. The van der Waals surface area contributed by atoms with Gasteiger partial charge in [0.05, 0.1) is 10.5 Å². The molecule has 2 bridgehead atoms. The zero-order valence-electron chi connectivity index (χ0n) is 12.8. The number of amides is 2. The standard InChI is InChI=1S/C15H21N3O3S/c1-9-5-11(6-10(2)16-9)17-15(19)18-12-7-13-3-4-14(8-12)22(13,20)21/h5-6,12-14H,3-4,7-8H2,1-2H3,(H2,16,17,18,19). The summed E-state index contributed by atoms with van der Waals surface area (Å²) in [5, 5.41) is 5.16. The minimum absolute atomic E-state index is 0.0648. The first-order chi connectivity index (χ1) is 10.3. The lowest BCUT2D eigenvalue weighted by molar-refractivity contribution is 0.246. The maximum Gasteiger partial charge on any atom is 0.319 e. The number of rotatable bonds is 2. The van der Waals surface area contributed by atoms with Crippen LogP contribution in [-0.2, 0) is 9.84 Å². The van der Waals surface area contributed by atoms with E-state index in [1.54, 1.807) is 0 Å². The number of nitrogens with zero attached hydrogens (tertiary/aromatic N) is 1. The van der Waals surface area contributed by atoms with E-state index in [2.05, 4.69) is 15.6 Å². The Morgan fingerprint density at radius 3 is 2.23 bits per heavy atom. The number of aryl methyl sites for hydroxylation is 2. The van der Waals surface area contributed by atoms with Gasteiger partial charge in [0.2, 0.25) is 0 Å². The molecule has 2 aliphatic rings. The molecule has 2 unspecified atom stereocenters. The molecule has 3 heterocycles. The lowest BCUT2D eigenvalue weighted by Crippen LogP contribution is -2.46. The van der Waals surface area contributed by atoms with Gasteiger partial charge in [-0.1, -0.05) is 0 Å². The summed E-state index contributed by atoms with van der Waals surface area (Å²) in [5.41, 5.74) is 2.39. The van der Waals surface area contributed by atoms with Gasteiger partial charge in [0.25, 0.3) is 0 Å². The van der Waals surface area contributed by atoms with Crippen molar-refractivity contribution in [2.45, 2.75) is 56.1 Å². The highest BCUT2D eigenvalue weighted by Crippen LogP contribution is 2.38. The Morgan fingerprint density at radius 1 is 1.14 bits per heavy atom. The summed E-state index contributed by atoms with van der Waals surface area (Å²) in [6, 6.07) is 3.27. The van der Waals surface area contributed by atoms with Crippen molar-refractivity contribution in [3.05, 3.63) is 23.5 Å². The Balaban J connectivity index is 1.61. The van der Waals surface area contributed by atoms with E-state index in [0.29, 0.717) is 18.5 Å². The van der Waals surface area contributed by atoms with E-state index in [1.165, 1.54) is 0 Å². The molecule has 7 heteroatoms. The summed E-state index contributed by atoms with van der Waals surface area (Å²) in [4.78, 5) is 16.4. The largest absolute Gasteiger partial charge is 0.335 e. The Kier molecular flexibility index (Phi) is 3.84. The lowest BCUT2D eigenvalue weighted by Gasteiger charge is -2.28. The average molecular weight is 323 g/mol. The molecule has 2 amide bonds. The SMILES string of the molecule is Cc1cc(NC(=O)NC2CC3CCC(C2)S3(=O)=O)cc(C)n1. The predicted molar refractivity (Wildman–Crippen MR) is 84.6 cm³/mol. The molecule has 0 aromatic carbocycles. The molecule has 2 fully saturated rings. The number of nitrogens with one attached hydrogen (secondary N) is 2. The van der Waals surface area contributed by atoms with Gasteiger partial charge >= 0.3 is 6.03 Å². The molecule has 2 N–H and O–H groups in total. The molecular weight excluding hydrogens is 302 g/mol. The molecule has 0 aliphatic carbocycles. The van der Waals surface area contributed by atoms with E-state index >= 15 is 0 Å². The van der Waals surface area contributed by atoms with Crippen LogP contribution >= 0.6 is 0 Å². The number of hydrogen-bond donors (Lipinski definition) is 2. The highest BCUT2D eigenvalue weighted by atomic mass is 32.2. The molecule has 1 aromatic rings. The molecule has 6 nitrogen and oxygen atoms in total. The summed E-state index contributed by atoms with van der Waals surface area (Å²) in [6.45, 7) is 3.75. The van der Waals surface area contributed by atoms with Crippen molar-refractivity contribution in [2.75, 3.05) is 5.32 Å². The molecule has 0 radical (unpaired) electrons. The molecule has 2 atom stereocenters. The van der Waals surface area contributed by atoms with Crippen molar-refractivity contribution in [3.63, 3.8) is 0 Å². The number of aromatic nitrogens is 1. The van der Waals surface area contributed by atoms with Gasteiger partial charge in [0, 0.05) is 23.1 Å². The first-order valence-corrected chi connectivity index (χ1v) is 9.21. The fourth-order valence-corrected chi connectivity index (χ4v) is 6.06. The Labute approximate surface area is 130 Å². The van der Waals surface area contributed by atoms with E-state index in [1.807, 2.05) is 26.0 Å². The van der Waals surface area contributed by atoms with Gasteiger partial charge in [0.1, 0.15) is 0 Å². The maximum absolute atomic E-state index is 12.1. The molecule has 22 heavy (non-hydrogen) atoms. The van der Waals surface area contributed by atoms with Crippen molar-refractivity contribution in [1.29, 1.82) is 0 Å².